The van der Waals surface area contributed by atoms with E-state index in [1.54, 1.807) is 0 Å². The molecular weight excluding hydrogens is 346 g/mol. The summed E-state index contributed by atoms with van der Waals surface area (Å²) < 4.78 is 0. The zero-order valence-electron chi connectivity index (χ0n) is 17.7. The van der Waals surface area contributed by atoms with E-state index in [0.717, 1.165) is 25.4 Å². The summed E-state index contributed by atoms with van der Waals surface area (Å²) in [7, 11) is 0. The third kappa shape index (κ3) is 6.89. The number of hydrogen-bond acceptors (Lipinski definition) is 3. The van der Waals surface area contributed by atoms with Crippen LogP contribution in [0.3, 0.4) is 0 Å². The number of piperidine rings is 1. The van der Waals surface area contributed by atoms with E-state index in [0.29, 0.717) is 12.5 Å². The first kappa shape index (κ1) is 21.3. The lowest BCUT2D eigenvalue weighted by atomic mass is 9.92. The average Bonchev–Trinajstić information content (AvgIpc) is 3.20. The van der Waals surface area contributed by atoms with Gasteiger partial charge in [0, 0.05) is 19.0 Å². The van der Waals surface area contributed by atoms with Crippen molar-refractivity contribution in [3.8, 4) is 0 Å². The summed E-state index contributed by atoms with van der Waals surface area (Å²) in [4.78, 5) is 17.3. The van der Waals surface area contributed by atoms with Crippen molar-refractivity contribution in [2.45, 2.75) is 64.3 Å². The Morgan fingerprint density at radius 3 is 2.64 bits per heavy atom. The van der Waals surface area contributed by atoms with Gasteiger partial charge in [-0.1, -0.05) is 37.3 Å². The molecule has 1 amide bonds. The van der Waals surface area contributed by atoms with E-state index in [4.69, 9.17) is 0 Å². The maximum Gasteiger partial charge on any atom is 0.220 e. The van der Waals surface area contributed by atoms with Crippen LogP contribution in [0.5, 0.6) is 0 Å². The lowest BCUT2D eigenvalue weighted by molar-refractivity contribution is -0.121. The molecule has 0 saturated carbocycles. The SMILES string of the molecule is CCN1CCC[C@H]1CNC(=O)CCC1CCN(CCCc2ccccc2)CC1. The summed E-state index contributed by atoms with van der Waals surface area (Å²) in [5, 5.41) is 3.19. The topological polar surface area (TPSA) is 35.6 Å². The predicted octanol–water partition coefficient (Wildman–Crippen LogP) is 3.71. The molecule has 1 atom stereocenters. The molecule has 2 saturated heterocycles. The van der Waals surface area contributed by atoms with Crippen molar-refractivity contribution < 1.29 is 4.79 Å². The highest BCUT2D eigenvalue weighted by molar-refractivity contribution is 5.75. The molecule has 0 aromatic heterocycles. The predicted molar refractivity (Wildman–Crippen MR) is 116 cm³/mol. The number of likely N-dealkylation sites (tertiary alicyclic amines) is 2. The van der Waals surface area contributed by atoms with Gasteiger partial charge in [-0.2, -0.15) is 0 Å². The van der Waals surface area contributed by atoms with Crippen LogP contribution in [0.1, 0.15) is 57.4 Å². The number of nitrogens with one attached hydrogen (secondary N) is 1. The van der Waals surface area contributed by atoms with Gasteiger partial charge in [0.1, 0.15) is 0 Å². The van der Waals surface area contributed by atoms with Gasteiger partial charge in [0.25, 0.3) is 0 Å². The summed E-state index contributed by atoms with van der Waals surface area (Å²) in [6, 6.07) is 11.4. The minimum absolute atomic E-state index is 0.258. The summed E-state index contributed by atoms with van der Waals surface area (Å²) in [5.41, 5.74) is 1.45. The lowest BCUT2D eigenvalue weighted by Crippen LogP contribution is -2.40. The molecule has 3 rings (SSSR count). The van der Waals surface area contributed by atoms with Crippen LogP contribution in [0.4, 0.5) is 0 Å². The van der Waals surface area contributed by atoms with Gasteiger partial charge in [0.05, 0.1) is 0 Å². The summed E-state index contributed by atoms with van der Waals surface area (Å²) in [6.45, 7) is 8.97. The Bertz CT molecular complexity index is 568. The second kappa shape index (κ2) is 11.6. The Balaban J connectivity index is 1.23. The maximum absolute atomic E-state index is 12.2. The minimum Gasteiger partial charge on any atom is -0.355 e. The Kier molecular flexibility index (Phi) is 8.81. The number of likely N-dealkylation sites (N-methyl/N-ethyl adjacent to an activating group) is 1. The van der Waals surface area contributed by atoms with Crippen LogP contribution in [0.25, 0.3) is 0 Å². The van der Waals surface area contributed by atoms with Crippen molar-refractivity contribution in [2.75, 3.05) is 39.3 Å². The molecular formula is C24H39N3O. The van der Waals surface area contributed by atoms with Crippen molar-refractivity contribution in [3.05, 3.63) is 35.9 Å². The van der Waals surface area contributed by atoms with Crippen LogP contribution in [0, 0.1) is 5.92 Å². The molecule has 1 aromatic rings. The van der Waals surface area contributed by atoms with E-state index in [1.807, 2.05) is 0 Å². The largest absolute Gasteiger partial charge is 0.355 e. The highest BCUT2D eigenvalue weighted by Crippen LogP contribution is 2.22. The summed E-state index contributed by atoms with van der Waals surface area (Å²) in [6.07, 6.45) is 9.21. The number of benzene rings is 1. The van der Waals surface area contributed by atoms with Gasteiger partial charge in [0.2, 0.25) is 5.91 Å². The summed E-state index contributed by atoms with van der Waals surface area (Å²) >= 11 is 0. The number of nitrogens with zero attached hydrogens (tertiary/aromatic N) is 2. The highest BCUT2D eigenvalue weighted by atomic mass is 16.1. The third-order valence-electron chi connectivity index (χ3n) is 6.71. The third-order valence-corrected chi connectivity index (χ3v) is 6.71. The van der Waals surface area contributed by atoms with Crippen molar-refractivity contribution in [2.24, 2.45) is 5.92 Å². The van der Waals surface area contributed by atoms with Crippen LogP contribution in [0.15, 0.2) is 30.3 Å². The Morgan fingerprint density at radius 1 is 1.11 bits per heavy atom. The molecule has 2 heterocycles. The van der Waals surface area contributed by atoms with Crippen LogP contribution in [0.2, 0.25) is 0 Å². The van der Waals surface area contributed by atoms with Crippen molar-refractivity contribution in [1.29, 1.82) is 0 Å². The van der Waals surface area contributed by atoms with Crippen LogP contribution in [-0.2, 0) is 11.2 Å². The minimum atomic E-state index is 0.258. The fraction of sp³-hybridized carbons (Fsp3) is 0.708. The highest BCUT2D eigenvalue weighted by Gasteiger charge is 2.23. The van der Waals surface area contributed by atoms with E-state index in [-0.39, 0.29) is 5.91 Å². The Hall–Kier alpha value is -1.39. The Labute approximate surface area is 171 Å². The normalized spacial score (nSPS) is 21.8. The molecule has 0 aliphatic carbocycles. The Morgan fingerprint density at radius 2 is 1.89 bits per heavy atom. The smallest absolute Gasteiger partial charge is 0.220 e. The zero-order valence-corrected chi connectivity index (χ0v) is 17.7. The molecule has 1 aromatic carbocycles. The number of carbonyl (C=O) groups excluding carboxylic acids is 1. The first-order valence-corrected chi connectivity index (χ1v) is 11.5. The summed E-state index contributed by atoms with van der Waals surface area (Å²) in [5.74, 6) is 0.989. The first-order chi connectivity index (χ1) is 13.7. The number of aryl methyl sites for hydroxylation is 1. The van der Waals surface area contributed by atoms with E-state index >= 15 is 0 Å². The fourth-order valence-electron chi connectivity index (χ4n) is 4.85. The number of amides is 1. The molecule has 2 fully saturated rings. The molecule has 2 aliphatic heterocycles. The monoisotopic (exact) mass is 385 g/mol. The molecule has 0 spiro atoms. The average molecular weight is 386 g/mol. The quantitative estimate of drug-likeness (QED) is 0.667. The van der Waals surface area contributed by atoms with Crippen LogP contribution in [-0.4, -0.2) is 61.0 Å². The van der Waals surface area contributed by atoms with E-state index in [2.05, 4.69) is 52.4 Å². The number of rotatable bonds is 10. The molecule has 28 heavy (non-hydrogen) atoms. The molecule has 0 bridgehead atoms. The fourth-order valence-corrected chi connectivity index (χ4v) is 4.85. The van der Waals surface area contributed by atoms with E-state index in [1.165, 1.54) is 70.3 Å². The van der Waals surface area contributed by atoms with Gasteiger partial charge < -0.3 is 10.2 Å². The van der Waals surface area contributed by atoms with Gasteiger partial charge >= 0.3 is 0 Å². The number of hydrogen-bond donors (Lipinski definition) is 1. The van der Waals surface area contributed by atoms with Crippen molar-refractivity contribution >= 4 is 5.91 Å². The first-order valence-electron chi connectivity index (χ1n) is 11.5. The van der Waals surface area contributed by atoms with Gasteiger partial charge in [0.15, 0.2) is 0 Å². The van der Waals surface area contributed by atoms with Gasteiger partial charge in [-0.3, -0.25) is 9.69 Å². The maximum atomic E-state index is 12.2. The van der Waals surface area contributed by atoms with Gasteiger partial charge in [-0.25, -0.2) is 0 Å². The zero-order chi connectivity index (χ0) is 19.6. The molecule has 1 N–H and O–H groups in total. The molecule has 156 valence electrons. The van der Waals surface area contributed by atoms with Gasteiger partial charge in [-0.05, 0) is 89.2 Å². The second-order valence-corrected chi connectivity index (χ2v) is 8.64. The van der Waals surface area contributed by atoms with Crippen LogP contribution < -0.4 is 5.32 Å². The molecule has 0 unspecified atom stereocenters. The van der Waals surface area contributed by atoms with Gasteiger partial charge in [-0.15, -0.1) is 0 Å². The molecule has 4 nitrogen and oxygen atoms in total. The molecule has 0 radical (unpaired) electrons. The van der Waals surface area contributed by atoms with E-state index < -0.39 is 0 Å². The molecule has 2 aliphatic rings. The lowest BCUT2D eigenvalue weighted by Gasteiger charge is -2.32. The second-order valence-electron chi connectivity index (χ2n) is 8.64. The standard InChI is InChI=1S/C24H39N3O/c1-2-27-17-7-11-23(27)20-25-24(28)13-12-22-14-18-26(19-15-22)16-6-10-21-8-4-3-5-9-21/h3-5,8-9,22-23H,2,6-7,10-20H2,1H3,(H,25,28)/t23-/m0/s1. The van der Waals surface area contributed by atoms with Crippen molar-refractivity contribution in [1.82, 2.24) is 15.1 Å². The van der Waals surface area contributed by atoms with Crippen molar-refractivity contribution in [3.63, 3.8) is 0 Å². The van der Waals surface area contributed by atoms with E-state index in [9.17, 15) is 4.79 Å². The number of carbonyl (C=O) groups is 1. The molecule has 4 heteroatoms. The van der Waals surface area contributed by atoms with Crippen LogP contribution >= 0.6 is 0 Å².